The molecule has 0 aromatic rings. The molecular weight excluding hydrogens is 208 g/mol. The van der Waals surface area contributed by atoms with E-state index >= 15 is 0 Å². The van der Waals surface area contributed by atoms with Crippen LogP contribution in [0.2, 0.25) is 0 Å². The van der Waals surface area contributed by atoms with E-state index in [-0.39, 0.29) is 0 Å². The van der Waals surface area contributed by atoms with E-state index in [1.165, 1.54) is 38.8 Å². The first kappa shape index (κ1) is 15.0. The normalized spacial score (nSPS) is 22.9. The van der Waals surface area contributed by atoms with Gasteiger partial charge in [-0.05, 0) is 44.6 Å². The molecule has 1 saturated heterocycles. The van der Waals surface area contributed by atoms with Crippen LogP contribution in [0.3, 0.4) is 0 Å². The quantitative estimate of drug-likeness (QED) is 0.766. The van der Waals surface area contributed by atoms with Crippen molar-refractivity contribution in [2.45, 2.75) is 72.4 Å². The molecule has 1 aliphatic heterocycles. The topological polar surface area (TPSA) is 15.3 Å². The SMILES string of the molecule is CCC(CC)NCC(C)N1CCCC(C)(C)C1. The third-order valence-electron chi connectivity index (χ3n) is 4.24. The molecule has 0 spiro atoms. The molecule has 1 N–H and O–H groups in total. The van der Waals surface area contributed by atoms with Crippen LogP contribution in [0, 0.1) is 5.41 Å². The van der Waals surface area contributed by atoms with Crippen LogP contribution in [-0.2, 0) is 0 Å². The van der Waals surface area contributed by atoms with Crippen molar-refractivity contribution in [1.29, 1.82) is 0 Å². The van der Waals surface area contributed by atoms with E-state index in [9.17, 15) is 0 Å². The van der Waals surface area contributed by atoms with Gasteiger partial charge in [0.25, 0.3) is 0 Å². The summed E-state index contributed by atoms with van der Waals surface area (Å²) in [5, 5.41) is 3.70. The minimum absolute atomic E-state index is 0.515. The number of hydrogen-bond donors (Lipinski definition) is 1. The summed E-state index contributed by atoms with van der Waals surface area (Å²) in [7, 11) is 0. The van der Waals surface area contributed by atoms with Crippen molar-refractivity contribution < 1.29 is 0 Å². The Kier molecular flexibility index (Phi) is 5.94. The molecule has 1 heterocycles. The van der Waals surface area contributed by atoms with Crippen molar-refractivity contribution in [1.82, 2.24) is 10.2 Å². The van der Waals surface area contributed by atoms with Crippen molar-refractivity contribution in [2.24, 2.45) is 5.41 Å². The molecular formula is C15H32N2. The first-order valence-corrected chi connectivity index (χ1v) is 7.46. The highest BCUT2D eigenvalue weighted by atomic mass is 15.2. The Labute approximate surface area is 108 Å². The fourth-order valence-corrected chi connectivity index (χ4v) is 2.89. The van der Waals surface area contributed by atoms with Crippen molar-refractivity contribution in [3.8, 4) is 0 Å². The summed E-state index contributed by atoms with van der Waals surface area (Å²) < 4.78 is 0. The molecule has 17 heavy (non-hydrogen) atoms. The van der Waals surface area contributed by atoms with Gasteiger partial charge in [-0.15, -0.1) is 0 Å². The highest BCUT2D eigenvalue weighted by molar-refractivity contribution is 4.83. The van der Waals surface area contributed by atoms with Gasteiger partial charge in [-0.2, -0.15) is 0 Å². The molecule has 0 aliphatic carbocycles. The van der Waals surface area contributed by atoms with E-state index in [4.69, 9.17) is 0 Å². The van der Waals surface area contributed by atoms with Crippen LogP contribution < -0.4 is 5.32 Å². The average Bonchev–Trinajstić information content (AvgIpc) is 2.28. The van der Waals surface area contributed by atoms with Crippen LogP contribution in [-0.4, -0.2) is 36.6 Å². The van der Waals surface area contributed by atoms with Gasteiger partial charge in [0.15, 0.2) is 0 Å². The van der Waals surface area contributed by atoms with Gasteiger partial charge in [-0.3, -0.25) is 4.90 Å². The van der Waals surface area contributed by atoms with Crippen LogP contribution in [0.1, 0.15) is 60.3 Å². The van der Waals surface area contributed by atoms with E-state index in [1.54, 1.807) is 0 Å². The van der Waals surface area contributed by atoms with Gasteiger partial charge in [0.2, 0.25) is 0 Å². The van der Waals surface area contributed by atoms with Gasteiger partial charge in [-0.1, -0.05) is 27.7 Å². The maximum Gasteiger partial charge on any atom is 0.0192 e. The van der Waals surface area contributed by atoms with Crippen LogP contribution in [0.25, 0.3) is 0 Å². The summed E-state index contributed by atoms with van der Waals surface area (Å²) in [5.41, 5.74) is 0.515. The van der Waals surface area contributed by atoms with Crippen LogP contribution in [0.4, 0.5) is 0 Å². The maximum atomic E-state index is 3.70. The number of nitrogens with one attached hydrogen (secondary N) is 1. The average molecular weight is 240 g/mol. The fraction of sp³-hybridized carbons (Fsp3) is 1.00. The monoisotopic (exact) mass is 240 g/mol. The number of hydrogen-bond acceptors (Lipinski definition) is 2. The van der Waals surface area contributed by atoms with Gasteiger partial charge in [0, 0.05) is 25.2 Å². The summed E-state index contributed by atoms with van der Waals surface area (Å²) in [6.07, 6.45) is 5.24. The molecule has 2 heteroatoms. The van der Waals surface area contributed by atoms with Crippen LogP contribution in [0.15, 0.2) is 0 Å². The van der Waals surface area contributed by atoms with Crippen molar-refractivity contribution >= 4 is 0 Å². The minimum Gasteiger partial charge on any atom is -0.312 e. The first-order valence-electron chi connectivity index (χ1n) is 7.46. The first-order chi connectivity index (χ1) is 7.98. The second-order valence-corrected chi connectivity index (χ2v) is 6.51. The van der Waals surface area contributed by atoms with Crippen molar-refractivity contribution in [3.63, 3.8) is 0 Å². The summed E-state index contributed by atoms with van der Waals surface area (Å²) in [5.74, 6) is 0. The summed E-state index contributed by atoms with van der Waals surface area (Å²) in [6, 6.07) is 1.38. The lowest BCUT2D eigenvalue weighted by molar-refractivity contribution is 0.0829. The Hall–Kier alpha value is -0.0800. The number of likely N-dealkylation sites (tertiary alicyclic amines) is 1. The molecule has 1 rings (SSSR count). The largest absolute Gasteiger partial charge is 0.312 e. The summed E-state index contributed by atoms with van der Waals surface area (Å²) in [4.78, 5) is 2.67. The van der Waals surface area contributed by atoms with E-state index in [0.717, 1.165) is 6.54 Å². The van der Waals surface area contributed by atoms with Crippen molar-refractivity contribution in [2.75, 3.05) is 19.6 Å². The lowest BCUT2D eigenvalue weighted by Gasteiger charge is -2.41. The summed E-state index contributed by atoms with van der Waals surface area (Å²) >= 11 is 0. The molecule has 0 aromatic heterocycles. The fourth-order valence-electron chi connectivity index (χ4n) is 2.89. The number of piperidine rings is 1. The molecule has 1 atom stereocenters. The van der Waals surface area contributed by atoms with Gasteiger partial charge in [0.1, 0.15) is 0 Å². The van der Waals surface area contributed by atoms with Crippen LogP contribution in [0.5, 0.6) is 0 Å². The highest BCUT2D eigenvalue weighted by Crippen LogP contribution is 2.29. The Morgan fingerprint density at radius 2 is 1.88 bits per heavy atom. The van der Waals surface area contributed by atoms with Crippen LogP contribution >= 0.6 is 0 Å². The number of rotatable bonds is 6. The molecule has 0 bridgehead atoms. The Balaban J connectivity index is 2.34. The molecule has 0 aromatic carbocycles. The lowest BCUT2D eigenvalue weighted by atomic mass is 9.83. The molecule has 1 aliphatic rings. The van der Waals surface area contributed by atoms with Crippen molar-refractivity contribution in [3.05, 3.63) is 0 Å². The van der Waals surface area contributed by atoms with E-state index in [2.05, 4.69) is 44.8 Å². The third kappa shape index (κ3) is 4.97. The highest BCUT2D eigenvalue weighted by Gasteiger charge is 2.28. The van der Waals surface area contributed by atoms with Gasteiger partial charge < -0.3 is 5.32 Å². The zero-order chi connectivity index (χ0) is 12.9. The molecule has 0 saturated carbocycles. The zero-order valence-corrected chi connectivity index (χ0v) is 12.6. The summed E-state index contributed by atoms with van der Waals surface area (Å²) in [6.45, 7) is 15.4. The predicted molar refractivity (Wildman–Crippen MR) is 76.4 cm³/mol. The molecule has 2 nitrogen and oxygen atoms in total. The second-order valence-electron chi connectivity index (χ2n) is 6.51. The molecule has 1 fully saturated rings. The number of nitrogens with zero attached hydrogens (tertiary/aromatic N) is 1. The minimum atomic E-state index is 0.515. The van der Waals surface area contributed by atoms with Gasteiger partial charge in [0.05, 0.1) is 0 Å². The lowest BCUT2D eigenvalue weighted by Crippen LogP contribution is -2.49. The predicted octanol–water partition coefficient (Wildman–Crippen LogP) is 3.28. The zero-order valence-electron chi connectivity index (χ0n) is 12.6. The molecule has 1 unspecified atom stereocenters. The van der Waals surface area contributed by atoms with Gasteiger partial charge >= 0.3 is 0 Å². The Bertz CT molecular complexity index is 209. The molecule has 0 radical (unpaired) electrons. The van der Waals surface area contributed by atoms with E-state index in [0.29, 0.717) is 17.5 Å². The smallest absolute Gasteiger partial charge is 0.0192 e. The Morgan fingerprint density at radius 3 is 2.41 bits per heavy atom. The standard InChI is InChI=1S/C15H32N2/c1-6-14(7-2)16-11-13(3)17-10-8-9-15(4,5)12-17/h13-14,16H,6-12H2,1-5H3. The second kappa shape index (κ2) is 6.75. The maximum absolute atomic E-state index is 3.70. The van der Waals surface area contributed by atoms with Gasteiger partial charge in [-0.25, -0.2) is 0 Å². The molecule has 102 valence electrons. The molecule has 0 amide bonds. The third-order valence-corrected chi connectivity index (χ3v) is 4.24. The Morgan fingerprint density at radius 1 is 1.24 bits per heavy atom. The van der Waals surface area contributed by atoms with E-state index < -0.39 is 0 Å². The van der Waals surface area contributed by atoms with E-state index in [1.807, 2.05) is 0 Å².